The van der Waals surface area contributed by atoms with Crippen LogP contribution in [0.2, 0.25) is 0 Å². The van der Waals surface area contributed by atoms with Gasteiger partial charge in [-0.25, -0.2) is 0 Å². The van der Waals surface area contributed by atoms with E-state index in [2.05, 4.69) is 0 Å². The van der Waals surface area contributed by atoms with Crippen molar-refractivity contribution in [2.45, 2.75) is 0 Å². The second-order valence-electron chi connectivity index (χ2n) is 7.43. The van der Waals surface area contributed by atoms with Gasteiger partial charge in [0.1, 0.15) is 34.5 Å². The Bertz CT molecular complexity index is 1330. The maximum absolute atomic E-state index is 6.13. The third-order valence-electron chi connectivity index (χ3n) is 4.89. The van der Waals surface area contributed by atoms with E-state index in [1.807, 2.05) is 133 Å². The van der Waals surface area contributed by atoms with Crippen molar-refractivity contribution in [3.8, 4) is 46.0 Å². The zero-order valence-electron chi connectivity index (χ0n) is 18.3. The van der Waals surface area contributed by atoms with E-state index in [-0.39, 0.29) is 0 Å². The molecule has 0 aromatic heterocycles. The molecule has 0 aliphatic carbocycles. The standard InChI is InChI=1S/C30H22O4/c1-3-10-23(11-4-1)31-25-18-20-26(21-19-25)33-29-16-7-8-17-30(29)34-28-15-9-14-27(22-28)32-24-12-5-2-6-13-24/h1-22H. The molecule has 5 aromatic rings. The van der Waals surface area contributed by atoms with Crippen LogP contribution < -0.4 is 18.9 Å². The van der Waals surface area contributed by atoms with Gasteiger partial charge in [-0.3, -0.25) is 0 Å². The highest BCUT2D eigenvalue weighted by Gasteiger charge is 2.09. The van der Waals surface area contributed by atoms with Crippen LogP contribution in [0.3, 0.4) is 0 Å². The van der Waals surface area contributed by atoms with E-state index in [1.165, 1.54) is 0 Å². The first-order valence-electron chi connectivity index (χ1n) is 10.9. The molecule has 5 aromatic carbocycles. The average Bonchev–Trinajstić information content (AvgIpc) is 2.88. The monoisotopic (exact) mass is 446 g/mol. The molecule has 5 rings (SSSR count). The van der Waals surface area contributed by atoms with Gasteiger partial charge in [-0.1, -0.05) is 54.6 Å². The van der Waals surface area contributed by atoms with Crippen LogP contribution in [-0.2, 0) is 0 Å². The smallest absolute Gasteiger partial charge is 0.169 e. The fraction of sp³-hybridized carbons (Fsp3) is 0. The lowest BCUT2D eigenvalue weighted by Crippen LogP contribution is -1.91. The molecule has 0 atom stereocenters. The summed E-state index contributed by atoms with van der Waals surface area (Å²) in [5, 5.41) is 0. The summed E-state index contributed by atoms with van der Waals surface area (Å²) in [4.78, 5) is 0. The zero-order valence-corrected chi connectivity index (χ0v) is 18.3. The molecule has 0 amide bonds. The largest absolute Gasteiger partial charge is 0.457 e. The Kier molecular flexibility index (Phi) is 6.40. The molecular weight excluding hydrogens is 424 g/mol. The van der Waals surface area contributed by atoms with Gasteiger partial charge in [0.25, 0.3) is 0 Å². The number of hydrogen-bond donors (Lipinski definition) is 0. The first-order valence-corrected chi connectivity index (χ1v) is 10.9. The van der Waals surface area contributed by atoms with E-state index in [0.29, 0.717) is 28.7 Å². The molecule has 34 heavy (non-hydrogen) atoms. The van der Waals surface area contributed by atoms with Gasteiger partial charge in [0.05, 0.1) is 0 Å². The van der Waals surface area contributed by atoms with Crippen LogP contribution in [0.1, 0.15) is 0 Å². The van der Waals surface area contributed by atoms with Gasteiger partial charge < -0.3 is 18.9 Å². The van der Waals surface area contributed by atoms with Gasteiger partial charge >= 0.3 is 0 Å². The van der Waals surface area contributed by atoms with Crippen molar-refractivity contribution in [3.63, 3.8) is 0 Å². The molecule has 0 saturated carbocycles. The third kappa shape index (κ3) is 5.56. The highest BCUT2D eigenvalue weighted by molar-refractivity contribution is 5.47. The lowest BCUT2D eigenvalue weighted by molar-refractivity contribution is 0.414. The predicted molar refractivity (Wildman–Crippen MR) is 133 cm³/mol. The molecule has 0 spiro atoms. The van der Waals surface area contributed by atoms with Crippen molar-refractivity contribution < 1.29 is 18.9 Å². The van der Waals surface area contributed by atoms with Gasteiger partial charge in [0.2, 0.25) is 0 Å². The van der Waals surface area contributed by atoms with Crippen LogP contribution in [0.4, 0.5) is 0 Å². The highest BCUT2D eigenvalue weighted by atomic mass is 16.5. The topological polar surface area (TPSA) is 36.9 Å². The normalized spacial score (nSPS) is 10.4. The molecule has 166 valence electrons. The second-order valence-corrected chi connectivity index (χ2v) is 7.43. The van der Waals surface area contributed by atoms with Gasteiger partial charge in [0, 0.05) is 6.07 Å². The molecule has 4 heteroatoms. The van der Waals surface area contributed by atoms with E-state index < -0.39 is 0 Å². The summed E-state index contributed by atoms with van der Waals surface area (Å²) in [5.41, 5.74) is 0. The summed E-state index contributed by atoms with van der Waals surface area (Å²) >= 11 is 0. The van der Waals surface area contributed by atoms with Crippen molar-refractivity contribution in [1.82, 2.24) is 0 Å². The molecule has 4 nitrogen and oxygen atoms in total. The van der Waals surface area contributed by atoms with Crippen molar-refractivity contribution >= 4 is 0 Å². The second kappa shape index (κ2) is 10.3. The molecule has 0 unspecified atom stereocenters. The zero-order chi connectivity index (χ0) is 23.0. The van der Waals surface area contributed by atoms with E-state index >= 15 is 0 Å². The minimum Gasteiger partial charge on any atom is -0.457 e. The molecule has 0 aliphatic heterocycles. The summed E-state index contributed by atoms with van der Waals surface area (Å²) in [7, 11) is 0. The molecule has 0 fully saturated rings. The van der Waals surface area contributed by atoms with Crippen molar-refractivity contribution in [1.29, 1.82) is 0 Å². The Balaban J connectivity index is 1.28. The van der Waals surface area contributed by atoms with Crippen LogP contribution in [-0.4, -0.2) is 0 Å². The Hall–Kier alpha value is -4.70. The van der Waals surface area contributed by atoms with Gasteiger partial charge in [0.15, 0.2) is 11.5 Å². The number of para-hydroxylation sites is 4. The predicted octanol–water partition coefficient (Wildman–Crippen LogP) is 8.86. The average molecular weight is 447 g/mol. The SMILES string of the molecule is c1ccc(Oc2ccc(Oc3ccccc3Oc3cccc(Oc4ccccc4)c3)cc2)cc1. The summed E-state index contributed by atoms with van der Waals surface area (Å²) in [6.45, 7) is 0. The van der Waals surface area contributed by atoms with Gasteiger partial charge in [-0.05, 0) is 72.8 Å². The van der Waals surface area contributed by atoms with E-state index in [4.69, 9.17) is 18.9 Å². The Morgan fingerprint density at radius 2 is 0.618 bits per heavy atom. The maximum atomic E-state index is 6.13. The molecule has 0 saturated heterocycles. The summed E-state index contributed by atoms with van der Waals surface area (Å²) in [5.74, 6) is 5.51. The summed E-state index contributed by atoms with van der Waals surface area (Å²) < 4.78 is 24.0. The van der Waals surface area contributed by atoms with Crippen molar-refractivity contribution in [2.75, 3.05) is 0 Å². The van der Waals surface area contributed by atoms with Crippen LogP contribution in [0.15, 0.2) is 133 Å². The lowest BCUT2D eigenvalue weighted by atomic mass is 10.3. The van der Waals surface area contributed by atoms with Crippen molar-refractivity contribution in [2.24, 2.45) is 0 Å². The highest BCUT2D eigenvalue weighted by Crippen LogP contribution is 2.36. The fourth-order valence-corrected chi connectivity index (χ4v) is 3.30. The summed E-state index contributed by atoms with van der Waals surface area (Å²) in [6, 6.07) is 41.8. The molecule has 0 heterocycles. The van der Waals surface area contributed by atoms with Gasteiger partial charge in [-0.15, -0.1) is 0 Å². The number of hydrogen-bond acceptors (Lipinski definition) is 4. The van der Waals surface area contributed by atoms with Crippen LogP contribution in [0.25, 0.3) is 0 Å². The summed E-state index contributed by atoms with van der Waals surface area (Å²) in [6.07, 6.45) is 0. The van der Waals surface area contributed by atoms with Crippen LogP contribution in [0.5, 0.6) is 46.0 Å². The number of rotatable bonds is 8. The number of benzene rings is 5. The van der Waals surface area contributed by atoms with E-state index in [0.717, 1.165) is 17.2 Å². The molecular formula is C30H22O4. The minimum atomic E-state index is 0.601. The van der Waals surface area contributed by atoms with E-state index in [1.54, 1.807) is 0 Å². The van der Waals surface area contributed by atoms with E-state index in [9.17, 15) is 0 Å². The quantitative estimate of drug-likeness (QED) is 0.238. The van der Waals surface area contributed by atoms with Crippen LogP contribution in [0, 0.1) is 0 Å². The van der Waals surface area contributed by atoms with Crippen LogP contribution >= 0.6 is 0 Å². The Morgan fingerprint density at radius 1 is 0.265 bits per heavy atom. The maximum Gasteiger partial charge on any atom is 0.169 e. The molecule has 0 aliphatic rings. The minimum absolute atomic E-state index is 0.601. The first kappa shape index (κ1) is 21.2. The molecule has 0 radical (unpaired) electrons. The molecule has 0 N–H and O–H groups in total. The molecule has 0 bridgehead atoms. The van der Waals surface area contributed by atoms with Gasteiger partial charge in [-0.2, -0.15) is 0 Å². The number of ether oxygens (including phenoxy) is 4. The first-order chi connectivity index (χ1) is 16.8. The van der Waals surface area contributed by atoms with Crippen molar-refractivity contribution in [3.05, 3.63) is 133 Å². The third-order valence-corrected chi connectivity index (χ3v) is 4.89. The Morgan fingerprint density at radius 3 is 1.18 bits per heavy atom. The lowest BCUT2D eigenvalue weighted by Gasteiger charge is -2.13. The Labute approximate surface area is 198 Å². The fourth-order valence-electron chi connectivity index (χ4n) is 3.30.